The molecule has 0 saturated heterocycles. The molecule has 0 N–H and O–H groups in total. The summed E-state index contributed by atoms with van der Waals surface area (Å²) in [6.45, 7) is 0.266. The van der Waals surface area contributed by atoms with Gasteiger partial charge in [0.05, 0.1) is 0 Å². The van der Waals surface area contributed by atoms with Gasteiger partial charge >= 0.3 is 0 Å². The van der Waals surface area contributed by atoms with Gasteiger partial charge in [-0.25, -0.2) is 0 Å². The predicted molar refractivity (Wildman–Crippen MR) is 80.4 cm³/mol. The SMILES string of the molecule is N#CC1=C(C#N)C(=O)C(Cl)C(=NCCc2ccccc2)C1=O. The number of nitrogens with zero attached hydrogens (tertiary/aromatic N) is 3. The highest BCUT2D eigenvalue weighted by atomic mass is 35.5. The summed E-state index contributed by atoms with van der Waals surface area (Å²) in [4.78, 5) is 28.1. The van der Waals surface area contributed by atoms with Crippen molar-refractivity contribution in [2.75, 3.05) is 6.54 Å². The van der Waals surface area contributed by atoms with Gasteiger partial charge in [-0.05, 0) is 12.0 Å². The Hall–Kier alpha value is -2.76. The summed E-state index contributed by atoms with van der Waals surface area (Å²) in [7, 11) is 0. The van der Waals surface area contributed by atoms with E-state index in [0.717, 1.165) is 5.56 Å². The van der Waals surface area contributed by atoms with Crippen LogP contribution in [0.25, 0.3) is 0 Å². The smallest absolute Gasteiger partial charge is 0.220 e. The molecule has 1 aromatic rings. The number of halogens is 1. The van der Waals surface area contributed by atoms with Crippen LogP contribution in [0.4, 0.5) is 0 Å². The van der Waals surface area contributed by atoms with Crippen LogP contribution in [0.1, 0.15) is 5.56 Å². The first-order chi connectivity index (χ1) is 10.6. The number of nitriles is 2. The average Bonchev–Trinajstić information content (AvgIpc) is 2.54. The van der Waals surface area contributed by atoms with Gasteiger partial charge in [0.25, 0.3) is 0 Å². The number of rotatable bonds is 3. The molecule has 0 radical (unpaired) electrons. The summed E-state index contributed by atoms with van der Waals surface area (Å²) < 4.78 is 0. The third-order valence-electron chi connectivity index (χ3n) is 3.18. The molecule has 0 fully saturated rings. The number of Topliss-reactive ketones (excluding diaryl/α,β-unsaturated/α-hetero) is 2. The van der Waals surface area contributed by atoms with Crippen LogP contribution in [0.2, 0.25) is 0 Å². The topological polar surface area (TPSA) is 94.1 Å². The molecule has 1 aromatic carbocycles. The largest absolute Gasteiger partial charge is 0.291 e. The minimum Gasteiger partial charge on any atom is -0.291 e. The summed E-state index contributed by atoms with van der Waals surface area (Å²) >= 11 is 5.91. The van der Waals surface area contributed by atoms with Crippen molar-refractivity contribution in [3.8, 4) is 12.1 Å². The van der Waals surface area contributed by atoms with E-state index in [1.54, 1.807) is 12.1 Å². The van der Waals surface area contributed by atoms with Gasteiger partial charge in [-0.1, -0.05) is 30.3 Å². The van der Waals surface area contributed by atoms with Gasteiger partial charge in [-0.3, -0.25) is 14.6 Å². The van der Waals surface area contributed by atoms with Gasteiger partial charge in [0, 0.05) is 6.54 Å². The van der Waals surface area contributed by atoms with Crippen molar-refractivity contribution in [1.29, 1.82) is 10.5 Å². The fourth-order valence-corrected chi connectivity index (χ4v) is 2.33. The molecule has 1 atom stereocenters. The van der Waals surface area contributed by atoms with E-state index >= 15 is 0 Å². The molecule has 0 amide bonds. The number of aliphatic imine (C=N–C) groups is 1. The number of carbonyl (C=O) groups is 2. The summed E-state index contributed by atoms with van der Waals surface area (Å²) in [5, 5.41) is 16.5. The molecule has 1 aliphatic carbocycles. The van der Waals surface area contributed by atoms with Crippen molar-refractivity contribution in [3.63, 3.8) is 0 Å². The van der Waals surface area contributed by atoms with Crippen LogP contribution in [0.5, 0.6) is 0 Å². The van der Waals surface area contributed by atoms with E-state index < -0.39 is 28.1 Å². The maximum Gasteiger partial charge on any atom is 0.220 e. The minimum atomic E-state index is -1.31. The summed E-state index contributed by atoms with van der Waals surface area (Å²) in [5.74, 6) is -1.49. The molecular weight excluding hydrogens is 302 g/mol. The average molecular weight is 312 g/mol. The predicted octanol–water partition coefficient (Wildman–Crippen LogP) is 1.77. The number of benzene rings is 1. The molecule has 1 unspecified atom stereocenters. The van der Waals surface area contributed by atoms with E-state index in [1.165, 1.54) is 0 Å². The first-order valence-corrected chi connectivity index (χ1v) is 6.89. The van der Waals surface area contributed by atoms with E-state index in [4.69, 9.17) is 22.1 Å². The lowest BCUT2D eigenvalue weighted by atomic mass is 9.89. The quantitative estimate of drug-likeness (QED) is 0.795. The molecule has 0 bridgehead atoms. The molecule has 0 aliphatic heterocycles. The number of hydrogen-bond donors (Lipinski definition) is 0. The highest BCUT2D eigenvalue weighted by molar-refractivity contribution is 6.65. The van der Waals surface area contributed by atoms with Crippen LogP contribution in [0.15, 0.2) is 46.5 Å². The van der Waals surface area contributed by atoms with Crippen molar-refractivity contribution in [2.24, 2.45) is 4.99 Å². The van der Waals surface area contributed by atoms with Gasteiger partial charge in [-0.2, -0.15) is 10.5 Å². The Kier molecular flexibility index (Phi) is 4.83. The van der Waals surface area contributed by atoms with Gasteiger partial charge in [0.2, 0.25) is 5.78 Å². The standard InChI is InChI=1S/C16H10ClN3O2/c17-13-14(20-7-6-10-4-2-1-3-5-10)16(22)12(9-19)11(8-18)15(13)21/h1-5,13H,6-7H2. The highest BCUT2D eigenvalue weighted by Crippen LogP contribution is 2.21. The zero-order chi connectivity index (χ0) is 16.1. The monoisotopic (exact) mass is 311 g/mol. The third kappa shape index (κ3) is 2.95. The second-order valence-electron chi connectivity index (χ2n) is 4.53. The highest BCUT2D eigenvalue weighted by Gasteiger charge is 2.39. The first-order valence-electron chi connectivity index (χ1n) is 6.46. The van der Waals surface area contributed by atoms with Crippen LogP contribution >= 0.6 is 11.6 Å². The lowest BCUT2D eigenvalue weighted by Gasteiger charge is -2.16. The zero-order valence-electron chi connectivity index (χ0n) is 11.4. The Bertz CT molecular complexity index is 767. The van der Waals surface area contributed by atoms with E-state index in [-0.39, 0.29) is 12.3 Å². The molecule has 6 heteroatoms. The van der Waals surface area contributed by atoms with Crippen LogP contribution < -0.4 is 0 Å². The molecule has 1 aliphatic rings. The third-order valence-corrected chi connectivity index (χ3v) is 3.58. The number of carbonyl (C=O) groups excluding carboxylic acids is 2. The van der Waals surface area contributed by atoms with Crippen LogP contribution in [-0.4, -0.2) is 29.2 Å². The van der Waals surface area contributed by atoms with Crippen LogP contribution in [0, 0.1) is 22.7 Å². The Morgan fingerprint density at radius 3 is 2.32 bits per heavy atom. The van der Waals surface area contributed by atoms with Crippen LogP contribution in [0.3, 0.4) is 0 Å². The normalized spacial score (nSPS) is 20.0. The van der Waals surface area contributed by atoms with Crippen molar-refractivity contribution in [3.05, 3.63) is 47.0 Å². The van der Waals surface area contributed by atoms with Crippen molar-refractivity contribution >= 4 is 28.9 Å². The van der Waals surface area contributed by atoms with E-state index in [0.29, 0.717) is 6.42 Å². The summed E-state index contributed by atoms with van der Waals surface area (Å²) in [6.07, 6.45) is 0.576. The Labute approximate surface area is 132 Å². The summed E-state index contributed by atoms with van der Waals surface area (Å²) in [5.41, 5.74) is -0.114. The number of hydrogen-bond acceptors (Lipinski definition) is 5. The molecule has 0 heterocycles. The van der Waals surface area contributed by atoms with Crippen molar-refractivity contribution in [2.45, 2.75) is 11.8 Å². The lowest BCUT2D eigenvalue weighted by molar-refractivity contribution is -0.116. The zero-order valence-corrected chi connectivity index (χ0v) is 12.2. The second-order valence-corrected chi connectivity index (χ2v) is 4.97. The number of alkyl halides is 1. The van der Waals surface area contributed by atoms with Gasteiger partial charge in [-0.15, -0.1) is 11.6 Å². The maximum atomic E-state index is 12.1. The molecule has 2 rings (SSSR count). The van der Waals surface area contributed by atoms with Crippen molar-refractivity contribution in [1.82, 2.24) is 0 Å². The van der Waals surface area contributed by atoms with Crippen LogP contribution in [-0.2, 0) is 16.0 Å². The number of allylic oxidation sites excluding steroid dienone is 2. The van der Waals surface area contributed by atoms with E-state index in [9.17, 15) is 9.59 Å². The second kappa shape index (κ2) is 6.80. The fraction of sp³-hybridized carbons (Fsp3) is 0.188. The Balaban J connectivity index is 2.25. The summed E-state index contributed by atoms with van der Waals surface area (Å²) in [6, 6.07) is 12.7. The molecule has 0 saturated carbocycles. The fourth-order valence-electron chi connectivity index (χ4n) is 2.05. The van der Waals surface area contributed by atoms with E-state index in [1.807, 2.05) is 30.3 Å². The Morgan fingerprint density at radius 1 is 1.09 bits per heavy atom. The minimum absolute atomic E-state index is 0.168. The molecule has 0 spiro atoms. The van der Waals surface area contributed by atoms with E-state index in [2.05, 4.69) is 4.99 Å². The number of ketones is 2. The molecule has 22 heavy (non-hydrogen) atoms. The van der Waals surface area contributed by atoms with Gasteiger partial charge < -0.3 is 0 Å². The molecule has 5 nitrogen and oxygen atoms in total. The molecule has 108 valence electrons. The van der Waals surface area contributed by atoms with Gasteiger partial charge in [0.1, 0.15) is 34.4 Å². The first kappa shape index (κ1) is 15.6. The Morgan fingerprint density at radius 2 is 1.73 bits per heavy atom. The van der Waals surface area contributed by atoms with Crippen molar-refractivity contribution < 1.29 is 9.59 Å². The lowest BCUT2D eigenvalue weighted by Crippen LogP contribution is -2.39. The maximum absolute atomic E-state index is 12.1. The molecular formula is C16H10ClN3O2. The molecule has 0 aromatic heterocycles. The van der Waals surface area contributed by atoms with Gasteiger partial charge in [0.15, 0.2) is 5.78 Å².